The van der Waals surface area contributed by atoms with Crippen molar-refractivity contribution in [2.45, 2.75) is 207 Å². The lowest BCUT2D eigenvalue weighted by Crippen LogP contribution is -2.55. The highest BCUT2D eigenvalue weighted by Gasteiger charge is 2.42. The number of carbonyl (C=O) groups is 2. The number of nitrogens with zero attached hydrogens (tertiary/aromatic N) is 1. The lowest BCUT2D eigenvalue weighted by atomic mass is 10.0. The smallest absolute Gasteiger partial charge is 0.339 e. The minimum atomic E-state index is -1.90. The van der Waals surface area contributed by atoms with E-state index in [1.807, 2.05) is 28.1 Å². The van der Waals surface area contributed by atoms with E-state index in [4.69, 9.17) is 4.74 Å². The van der Waals surface area contributed by atoms with Gasteiger partial charge in [-0.1, -0.05) is 168 Å². The molecule has 45 heavy (non-hydrogen) atoms. The quantitative estimate of drug-likeness (QED) is 0.0306. The Morgan fingerprint density at radius 3 is 1.16 bits per heavy atom. The highest BCUT2D eigenvalue weighted by molar-refractivity contribution is 7.51. The Balaban J connectivity index is 4.39. The molecule has 0 aliphatic carbocycles. The van der Waals surface area contributed by atoms with Crippen molar-refractivity contribution in [2.24, 2.45) is 0 Å². The predicted molar refractivity (Wildman–Crippen MR) is 196 cm³/mol. The van der Waals surface area contributed by atoms with Gasteiger partial charge in [-0.25, -0.2) is 0 Å². The number of unbranched alkanes of at least 4 members (excludes halogenated alkanes) is 24. The number of carbonyl (C=O) groups excluding carboxylic acids is 2. The lowest BCUT2D eigenvalue weighted by Gasteiger charge is -2.32. The first kappa shape index (κ1) is 44.2. The molecule has 0 rings (SSSR count). The molecule has 0 saturated heterocycles. The minimum Gasteiger partial charge on any atom is -0.628 e. The molecule has 0 aromatic rings. The molecule has 266 valence electrons. The summed E-state index contributed by atoms with van der Waals surface area (Å²) >= 11 is 0. The Morgan fingerprint density at radius 2 is 0.844 bits per heavy atom. The number of ether oxygens (including phenoxy) is 1. The van der Waals surface area contributed by atoms with E-state index < -0.39 is 13.8 Å². The Morgan fingerprint density at radius 1 is 0.533 bits per heavy atom. The van der Waals surface area contributed by atoms with Crippen molar-refractivity contribution in [3.05, 3.63) is 0 Å². The van der Waals surface area contributed by atoms with Gasteiger partial charge in [0.05, 0.1) is 21.1 Å². The molecular weight excluding hydrogens is 577 g/mol. The zero-order valence-corrected chi connectivity index (χ0v) is 32.0. The van der Waals surface area contributed by atoms with E-state index in [0.717, 1.165) is 38.5 Å². The second-order valence-corrected chi connectivity index (χ2v) is 16.3. The van der Waals surface area contributed by atoms with Crippen LogP contribution in [-0.2, 0) is 14.3 Å². The molecule has 0 N–H and O–H groups in total. The maximum absolute atomic E-state index is 13.5. The van der Waals surface area contributed by atoms with Crippen molar-refractivity contribution >= 4 is 25.0 Å². The molecule has 0 saturated carbocycles. The van der Waals surface area contributed by atoms with E-state index in [2.05, 4.69) is 13.8 Å². The fourth-order valence-corrected chi connectivity index (χ4v) is 7.49. The number of Topliss-reactive ketones (excluding diaryl/α,β-unsaturated/α-hetero) is 1. The summed E-state index contributed by atoms with van der Waals surface area (Å²) in [7, 11) is 3.91. The van der Waals surface area contributed by atoms with Crippen molar-refractivity contribution in [1.29, 1.82) is 0 Å². The largest absolute Gasteiger partial charge is 0.628 e. The maximum Gasteiger partial charge on any atom is 0.339 e. The van der Waals surface area contributed by atoms with E-state index in [1.54, 1.807) is 0 Å². The SMILES string of the molecule is CCCCCCCCCCCCCCCC(=O)O/C(C(C(=O)CCCCCCCCCCCCCCC)[N+](C)(C)C)=[P+](/[O-])CC. The second kappa shape index (κ2) is 30.6. The molecule has 0 bridgehead atoms. The third kappa shape index (κ3) is 25.9. The van der Waals surface area contributed by atoms with Crippen LogP contribution in [0.1, 0.15) is 201 Å². The monoisotopic (exact) mass is 655 g/mol. The summed E-state index contributed by atoms with van der Waals surface area (Å²) in [6, 6.07) is -0.665. The van der Waals surface area contributed by atoms with Crippen LogP contribution in [0.25, 0.3) is 0 Å². The Kier molecular flexibility index (Phi) is 30.0. The Labute approximate surface area is 282 Å². The first-order valence-electron chi connectivity index (χ1n) is 19.5. The number of hydrogen-bond acceptors (Lipinski definition) is 4. The van der Waals surface area contributed by atoms with Crippen LogP contribution in [0.5, 0.6) is 0 Å². The summed E-state index contributed by atoms with van der Waals surface area (Å²) in [5, 5.41) is 0. The molecule has 0 amide bonds. The summed E-state index contributed by atoms with van der Waals surface area (Å²) in [4.78, 5) is 39.4. The summed E-state index contributed by atoms with van der Waals surface area (Å²) in [5.74, 6) is -0.289. The number of likely N-dealkylation sites (N-methyl/N-ethyl adjacent to an activating group) is 1. The van der Waals surface area contributed by atoms with E-state index in [-0.39, 0.29) is 17.2 Å². The van der Waals surface area contributed by atoms with E-state index in [1.165, 1.54) is 128 Å². The van der Waals surface area contributed by atoms with Crippen LogP contribution < -0.4 is 4.89 Å². The average Bonchev–Trinajstić information content (AvgIpc) is 3.00. The van der Waals surface area contributed by atoms with E-state index in [9.17, 15) is 14.5 Å². The van der Waals surface area contributed by atoms with Crippen LogP contribution in [0, 0.1) is 0 Å². The van der Waals surface area contributed by atoms with Gasteiger partial charge in [0.2, 0.25) is 11.8 Å². The number of quaternary nitrogens is 1. The first-order chi connectivity index (χ1) is 21.7. The van der Waals surface area contributed by atoms with Gasteiger partial charge in [0.1, 0.15) is 13.9 Å². The van der Waals surface area contributed by atoms with Crippen molar-refractivity contribution < 1.29 is 23.7 Å². The molecule has 0 aliphatic heterocycles. The molecule has 2 atom stereocenters. The molecule has 0 heterocycles. The highest BCUT2D eigenvalue weighted by atomic mass is 31.1. The topological polar surface area (TPSA) is 66.4 Å². The molecule has 0 spiro atoms. The van der Waals surface area contributed by atoms with Crippen LogP contribution >= 0.6 is 7.77 Å². The Bertz CT molecular complexity index is 746. The molecule has 5 nitrogen and oxygen atoms in total. The molecule has 2 unspecified atom stereocenters. The molecule has 0 aromatic carbocycles. The molecule has 6 heteroatoms. The van der Waals surface area contributed by atoms with Gasteiger partial charge in [0.25, 0.3) is 0 Å². The number of rotatable bonds is 33. The number of ketones is 1. The molecule has 0 fully saturated rings. The van der Waals surface area contributed by atoms with E-state index in [0.29, 0.717) is 23.5 Å². The summed E-state index contributed by atoms with van der Waals surface area (Å²) in [5.41, 5.74) is 0.208. The zero-order valence-electron chi connectivity index (χ0n) is 31.1. The molecule has 0 radical (unpaired) electrons. The predicted octanol–water partition coefficient (Wildman–Crippen LogP) is 11.0. The van der Waals surface area contributed by atoms with Crippen molar-refractivity contribution in [3.63, 3.8) is 0 Å². The lowest BCUT2D eigenvalue weighted by molar-refractivity contribution is -0.876. The van der Waals surface area contributed by atoms with Crippen LogP contribution in [0.2, 0.25) is 0 Å². The third-order valence-corrected chi connectivity index (χ3v) is 10.5. The maximum atomic E-state index is 13.5. The van der Waals surface area contributed by atoms with Gasteiger partial charge in [-0.2, -0.15) is 0 Å². The number of hydrogen-bond donors (Lipinski definition) is 0. The summed E-state index contributed by atoms with van der Waals surface area (Å²) < 4.78 is 6.09. The van der Waals surface area contributed by atoms with Gasteiger partial charge >= 0.3 is 11.4 Å². The van der Waals surface area contributed by atoms with Crippen molar-refractivity contribution in [2.75, 3.05) is 27.3 Å². The van der Waals surface area contributed by atoms with Crippen LogP contribution in [-0.4, -0.2) is 55.1 Å². The van der Waals surface area contributed by atoms with Gasteiger partial charge in [0, 0.05) is 12.8 Å². The van der Waals surface area contributed by atoms with Gasteiger partial charge < -0.3 is 14.1 Å². The fraction of sp³-hybridized carbons (Fsp3) is 0.923. The van der Waals surface area contributed by atoms with Crippen molar-refractivity contribution in [1.82, 2.24) is 0 Å². The molecule has 0 aliphatic rings. The minimum absolute atomic E-state index is 0.0473. The zero-order chi connectivity index (χ0) is 33.6. The van der Waals surface area contributed by atoms with Crippen LogP contribution in [0.4, 0.5) is 0 Å². The normalized spacial score (nSPS) is 13.1. The standard InChI is InChI=1S/C39H77NO4P/c1-7-10-12-14-16-18-20-22-24-26-28-30-32-34-36(41)38(40(4,5)6)39(45(43)9-3)44-37(42)35-33-31-29-27-25-23-21-19-17-15-13-11-8-2/h38H,7-35H2,1-6H3/q+1. The average molecular weight is 655 g/mol. The van der Waals surface area contributed by atoms with Gasteiger partial charge in [-0.3, -0.25) is 9.59 Å². The summed E-state index contributed by atoms with van der Waals surface area (Å²) in [6.07, 6.45) is 33.9. The second-order valence-electron chi connectivity index (χ2n) is 14.5. The molecular formula is C39H77NO4P+. The number of esters is 1. The van der Waals surface area contributed by atoms with Gasteiger partial charge in [-0.15, -0.1) is 0 Å². The van der Waals surface area contributed by atoms with Gasteiger partial charge in [0.15, 0.2) is 0 Å². The van der Waals surface area contributed by atoms with Crippen LogP contribution in [0.3, 0.4) is 0 Å². The van der Waals surface area contributed by atoms with Crippen molar-refractivity contribution in [3.8, 4) is 0 Å². The Hall–Kier alpha value is -0.770. The third-order valence-electron chi connectivity index (χ3n) is 9.08. The van der Waals surface area contributed by atoms with E-state index >= 15 is 0 Å². The highest BCUT2D eigenvalue weighted by Crippen LogP contribution is 2.24. The summed E-state index contributed by atoms with van der Waals surface area (Å²) in [6.45, 7) is 6.37. The molecule has 0 aromatic heterocycles. The fourth-order valence-electron chi connectivity index (χ4n) is 6.21. The van der Waals surface area contributed by atoms with Gasteiger partial charge in [-0.05, 0) is 19.8 Å². The van der Waals surface area contributed by atoms with Crippen LogP contribution in [0.15, 0.2) is 0 Å². The first-order valence-corrected chi connectivity index (χ1v) is 21.0.